The lowest BCUT2D eigenvalue weighted by atomic mass is 10.1. The number of aliphatic hydroxyl groups is 2. The fourth-order valence-corrected chi connectivity index (χ4v) is 10.2. The van der Waals surface area contributed by atoms with Crippen LogP contribution in [0.3, 0.4) is 0 Å². The van der Waals surface area contributed by atoms with Gasteiger partial charge in [-0.2, -0.15) is 18.6 Å². The first-order valence-corrected chi connectivity index (χ1v) is 21.5. The number of phosphoric acid groups is 3. The van der Waals surface area contributed by atoms with Gasteiger partial charge in [0.1, 0.15) is 30.2 Å². The molecule has 30 heteroatoms. The van der Waals surface area contributed by atoms with Gasteiger partial charge in [-0.15, -0.1) is 0 Å². The highest BCUT2D eigenvalue weighted by atomic mass is 31.3. The molecule has 0 bridgehead atoms. The van der Waals surface area contributed by atoms with Gasteiger partial charge in [0.05, 0.1) is 32.3 Å². The number of nitrogens with one attached hydrogen (secondary N) is 2. The van der Waals surface area contributed by atoms with Crippen molar-refractivity contribution in [2.24, 2.45) is 0 Å². The molecule has 7 unspecified atom stereocenters. The zero-order valence-corrected chi connectivity index (χ0v) is 32.7. The van der Waals surface area contributed by atoms with Crippen molar-refractivity contribution in [1.82, 2.24) is 34.4 Å². The average molecular weight is 878 g/mol. The molecule has 0 aliphatic carbocycles. The number of aromatic amines is 2. The quantitative estimate of drug-likeness (QED) is 0.0650. The van der Waals surface area contributed by atoms with Crippen LogP contribution in [0.2, 0.25) is 0 Å². The van der Waals surface area contributed by atoms with E-state index in [1.165, 1.54) is 0 Å². The van der Waals surface area contributed by atoms with E-state index >= 15 is 0 Å². The van der Waals surface area contributed by atoms with Crippen molar-refractivity contribution in [3.05, 3.63) is 62.9 Å². The van der Waals surface area contributed by atoms with E-state index in [0.717, 1.165) is 16.5 Å². The average Bonchev–Trinajstić information content (AvgIpc) is 3.78. The number of H-pyrrole nitrogens is 2. The van der Waals surface area contributed by atoms with E-state index in [-0.39, 0.29) is 54.3 Å². The maximum Gasteiger partial charge on any atom is 0.490 e. The molecule has 0 radical (unpaired) electrons. The van der Waals surface area contributed by atoms with E-state index in [9.17, 15) is 48.2 Å². The summed E-state index contributed by atoms with van der Waals surface area (Å²) in [5.74, 6) is -0.188. The van der Waals surface area contributed by atoms with Gasteiger partial charge < -0.3 is 55.6 Å². The molecule has 6 heterocycles. The largest absolute Gasteiger partial charge is 0.490 e. The topological polar surface area (TPSA) is 379 Å². The number of rotatable bonds is 14. The van der Waals surface area contributed by atoms with Gasteiger partial charge in [0.2, 0.25) is 11.9 Å². The van der Waals surface area contributed by atoms with Crippen LogP contribution in [0.5, 0.6) is 0 Å². The number of hydrogen-bond donors (Lipinski definition) is 9. The van der Waals surface area contributed by atoms with Crippen LogP contribution in [0.1, 0.15) is 11.8 Å². The third kappa shape index (κ3) is 9.18. The molecule has 0 saturated carbocycles. The Kier molecular flexibility index (Phi) is 11.7. The van der Waals surface area contributed by atoms with Crippen LogP contribution in [0.25, 0.3) is 11.2 Å². The molecular weight excluding hydrogens is 839 g/mol. The number of anilines is 4. The Balaban J connectivity index is 0.970. The van der Waals surface area contributed by atoms with Crippen molar-refractivity contribution in [2.75, 3.05) is 61.3 Å². The second kappa shape index (κ2) is 16.1. The Morgan fingerprint density at radius 3 is 2.24 bits per heavy atom. The van der Waals surface area contributed by atoms with Gasteiger partial charge >= 0.3 is 23.5 Å². The van der Waals surface area contributed by atoms with Crippen LogP contribution in [0.4, 0.5) is 23.4 Å². The maximum absolute atomic E-state index is 12.9. The molecule has 2 fully saturated rings. The van der Waals surface area contributed by atoms with Gasteiger partial charge in [0, 0.05) is 26.7 Å². The molecule has 58 heavy (non-hydrogen) atoms. The third-order valence-corrected chi connectivity index (χ3v) is 13.3. The molecule has 0 spiro atoms. The molecule has 1 aromatic carbocycles. The molecule has 2 saturated heterocycles. The van der Waals surface area contributed by atoms with E-state index in [4.69, 9.17) is 25.5 Å². The lowest BCUT2D eigenvalue weighted by Gasteiger charge is -2.42. The zero-order chi connectivity index (χ0) is 41.7. The number of benzene rings is 1. The fraction of sp³-hybridized carbons (Fsp3) is 0.464. The Morgan fingerprint density at radius 2 is 1.53 bits per heavy atom. The summed E-state index contributed by atoms with van der Waals surface area (Å²) in [5.41, 5.74) is 11.1. The molecule has 3 aromatic heterocycles. The number of nitrogens with zero attached hydrogens (tertiary/aromatic N) is 7. The molecule has 11 N–H and O–H groups in total. The van der Waals surface area contributed by atoms with Crippen LogP contribution in [-0.2, 0) is 47.4 Å². The van der Waals surface area contributed by atoms with Crippen molar-refractivity contribution in [2.45, 2.75) is 43.4 Å². The molecule has 7 rings (SSSR count). The SMILES string of the molecule is CN1CN(C2CN(Cc3ccccc3)CC(COP(=O)(O)OP(=O)(O)OP(=O)(O)OCC3OC(n4cnc5c(=O)[nH]c(N)nc54)[C@H](O)[C@@H]3O)O2)c2nc(N)[nH]c(=O)c21. The van der Waals surface area contributed by atoms with Crippen LogP contribution < -0.4 is 32.4 Å². The molecule has 316 valence electrons. The normalized spacial score (nSPS) is 27.0. The van der Waals surface area contributed by atoms with Crippen LogP contribution >= 0.6 is 23.5 Å². The van der Waals surface area contributed by atoms with Crippen LogP contribution in [0.15, 0.2) is 46.2 Å². The van der Waals surface area contributed by atoms with E-state index < -0.39 is 84.7 Å². The van der Waals surface area contributed by atoms with Gasteiger partial charge in [0.15, 0.2) is 23.2 Å². The Hall–Kier alpha value is -4.14. The predicted octanol–water partition coefficient (Wildman–Crippen LogP) is -1.50. The number of morpholine rings is 1. The summed E-state index contributed by atoms with van der Waals surface area (Å²) in [7, 11) is -15.5. The molecule has 9 atom stereocenters. The molecule has 3 aliphatic rings. The number of imidazole rings is 1. The summed E-state index contributed by atoms with van der Waals surface area (Å²) in [5, 5.41) is 21.1. The van der Waals surface area contributed by atoms with Crippen LogP contribution in [-0.4, -0.2) is 130 Å². The minimum atomic E-state index is -5.93. The molecule has 4 aromatic rings. The first-order chi connectivity index (χ1) is 27.3. The smallest absolute Gasteiger partial charge is 0.387 e. The predicted molar refractivity (Wildman–Crippen MR) is 197 cm³/mol. The Labute approximate surface area is 325 Å². The van der Waals surface area contributed by atoms with Crippen LogP contribution in [0, 0.1) is 0 Å². The lowest BCUT2D eigenvalue weighted by Crippen LogP contribution is -2.55. The van der Waals surface area contributed by atoms with Gasteiger partial charge in [-0.3, -0.25) is 38.1 Å². The van der Waals surface area contributed by atoms with Crippen molar-refractivity contribution in [3.63, 3.8) is 0 Å². The molecule has 27 nitrogen and oxygen atoms in total. The van der Waals surface area contributed by atoms with E-state index in [1.807, 2.05) is 35.2 Å². The highest BCUT2D eigenvalue weighted by Crippen LogP contribution is 2.67. The number of aliphatic hydroxyl groups excluding tert-OH is 2. The van der Waals surface area contributed by atoms with Gasteiger partial charge in [-0.05, 0) is 5.56 Å². The summed E-state index contributed by atoms with van der Waals surface area (Å²) in [6.07, 6.45) is -7.34. The monoisotopic (exact) mass is 877 g/mol. The van der Waals surface area contributed by atoms with Crippen molar-refractivity contribution < 1.29 is 65.7 Å². The number of phosphoric ester groups is 2. The summed E-state index contributed by atoms with van der Waals surface area (Å²) in [6.45, 7) is -0.827. The van der Waals surface area contributed by atoms with E-state index in [0.29, 0.717) is 6.54 Å². The number of nitrogen functional groups attached to an aromatic ring is 2. The Morgan fingerprint density at radius 1 is 0.879 bits per heavy atom. The number of ether oxygens (including phenoxy) is 2. The standard InChI is InChI=1S/C28H38N11O16P3/c1-36-13-39(23-19(36)25(43)35-28(30)33-23)17-9-37(7-14-5-3-2-4-6-14)8-15(52-17)10-50-56(44,45)54-58(48,49)55-57(46,47)51-11-16-20(40)21(41)26(53-16)38-12-31-18-22(38)32-27(29)34-24(18)42/h2-6,12,15-17,20-21,26,40-41H,7-11,13H2,1H3,(H,44,45)(H,46,47)(H,48,49)(H3,29,32,34,42)(H3,30,33,35,43)/t15?,16?,17?,20-,21-,26?/m1/s1. The molecule has 3 aliphatic heterocycles. The lowest BCUT2D eigenvalue weighted by molar-refractivity contribution is -0.103. The number of hydrogen-bond acceptors (Lipinski definition) is 21. The third-order valence-electron chi connectivity index (χ3n) is 9.04. The van der Waals surface area contributed by atoms with Crippen molar-refractivity contribution in [1.29, 1.82) is 0 Å². The summed E-state index contributed by atoms with van der Waals surface area (Å²) < 4.78 is 69.2. The number of aromatic nitrogens is 6. The van der Waals surface area contributed by atoms with E-state index in [2.05, 4.69) is 38.1 Å². The van der Waals surface area contributed by atoms with Gasteiger partial charge in [-0.25, -0.2) is 18.7 Å². The van der Waals surface area contributed by atoms with Gasteiger partial charge in [-0.1, -0.05) is 30.3 Å². The minimum absolute atomic E-state index is 0.115. The summed E-state index contributed by atoms with van der Waals surface area (Å²) in [6, 6.07) is 9.32. The second-order valence-electron chi connectivity index (χ2n) is 13.3. The summed E-state index contributed by atoms with van der Waals surface area (Å²) in [4.78, 5) is 77.6. The van der Waals surface area contributed by atoms with E-state index in [1.54, 1.807) is 16.8 Å². The Bertz CT molecular complexity index is 2420. The highest BCUT2D eigenvalue weighted by molar-refractivity contribution is 7.66. The number of fused-ring (bicyclic) bond motifs is 2. The zero-order valence-electron chi connectivity index (χ0n) is 30.0. The minimum Gasteiger partial charge on any atom is -0.387 e. The first kappa shape index (κ1) is 42.0. The van der Waals surface area contributed by atoms with Gasteiger partial charge in [0.25, 0.3) is 11.1 Å². The maximum atomic E-state index is 12.9. The van der Waals surface area contributed by atoms with Crippen molar-refractivity contribution >= 4 is 58.0 Å². The second-order valence-corrected chi connectivity index (χ2v) is 17.9. The molecule has 0 amide bonds. The fourth-order valence-electron chi connectivity index (χ4n) is 6.63. The first-order valence-electron chi connectivity index (χ1n) is 17.0. The highest BCUT2D eigenvalue weighted by Gasteiger charge is 2.48. The molecular formula is C28H38N11O16P3. The summed E-state index contributed by atoms with van der Waals surface area (Å²) >= 11 is 0. The number of nitrogens with two attached hydrogens (primary N) is 2. The van der Waals surface area contributed by atoms with Crippen molar-refractivity contribution in [3.8, 4) is 0 Å².